The van der Waals surface area contributed by atoms with Gasteiger partial charge in [0, 0.05) is 18.0 Å². The van der Waals surface area contributed by atoms with Crippen molar-refractivity contribution in [3.8, 4) is 11.4 Å². The van der Waals surface area contributed by atoms with Crippen LogP contribution >= 0.6 is 11.8 Å². The molecular formula is C19H21N5OS. The first-order valence-corrected chi connectivity index (χ1v) is 9.45. The number of thioether (sulfide) groups is 1. The van der Waals surface area contributed by atoms with Crippen molar-refractivity contribution in [1.82, 2.24) is 25.5 Å². The normalized spacial score (nSPS) is 11.9. The van der Waals surface area contributed by atoms with Crippen molar-refractivity contribution in [3.63, 3.8) is 0 Å². The molecule has 3 aromatic rings. The number of nitrogens with zero attached hydrogens (tertiary/aromatic N) is 3. The molecule has 0 fully saturated rings. The van der Waals surface area contributed by atoms with Crippen molar-refractivity contribution in [3.05, 3.63) is 59.9 Å². The lowest BCUT2D eigenvalue weighted by atomic mass is 10.0. The third kappa shape index (κ3) is 4.70. The molecule has 7 heteroatoms. The summed E-state index contributed by atoms with van der Waals surface area (Å²) in [5.74, 6) is 0.912. The fourth-order valence-electron chi connectivity index (χ4n) is 2.54. The number of H-pyrrole nitrogens is 1. The molecule has 0 saturated heterocycles. The number of amides is 1. The fraction of sp³-hybridized carbons (Fsp3) is 0.263. The highest BCUT2D eigenvalue weighted by molar-refractivity contribution is 7.99. The molecule has 0 bridgehead atoms. The van der Waals surface area contributed by atoms with Crippen LogP contribution in [0, 0.1) is 6.92 Å². The zero-order valence-electron chi connectivity index (χ0n) is 14.8. The van der Waals surface area contributed by atoms with E-state index in [0.29, 0.717) is 11.0 Å². The molecule has 1 amide bonds. The van der Waals surface area contributed by atoms with Gasteiger partial charge in [-0.25, -0.2) is 4.98 Å². The first-order valence-electron chi connectivity index (χ1n) is 8.47. The number of hydrogen-bond donors (Lipinski definition) is 2. The highest BCUT2D eigenvalue weighted by Crippen LogP contribution is 2.20. The molecule has 0 aliphatic carbocycles. The van der Waals surface area contributed by atoms with Crippen molar-refractivity contribution in [2.45, 2.75) is 31.5 Å². The molecule has 2 aromatic heterocycles. The third-order valence-electron chi connectivity index (χ3n) is 3.97. The summed E-state index contributed by atoms with van der Waals surface area (Å²) in [6.45, 7) is 4.12. The number of carbonyl (C=O) groups excluding carboxylic acids is 1. The molecule has 2 heterocycles. The van der Waals surface area contributed by atoms with Gasteiger partial charge in [-0.05, 0) is 31.0 Å². The summed E-state index contributed by atoms with van der Waals surface area (Å²) in [6.07, 6.45) is 4.24. The monoisotopic (exact) mass is 367 g/mol. The molecule has 0 aliphatic heterocycles. The van der Waals surface area contributed by atoms with Crippen LogP contribution in [0.3, 0.4) is 0 Å². The predicted octanol–water partition coefficient (Wildman–Crippen LogP) is 3.53. The molecule has 1 aromatic carbocycles. The van der Waals surface area contributed by atoms with Crippen molar-refractivity contribution >= 4 is 17.7 Å². The SMILES string of the molecule is CC[C@@H](NC(=O)CSc1n[nH]c(-c2ccncc2)n1)c1ccc(C)cc1. The molecule has 6 nitrogen and oxygen atoms in total. The maximum atomic E-state index is 12.3. The van der Waals surface area contributed by atoms with E-state index in [9.17, 15) is 4.79 Å². The van der Waals surface area contributed by atoms with Crippen LogP contribution in [0.2, 0.25) is 0 Å². The van der Waals surface area contributed by atoms with Crippen LogP contribution in [0.25, 0.3) is 11.4 Å². The van der Waals surface area contributed by atoms with Gasteiger partial charge in [-0.3, -0.25) is 14.9 Å². The largest absolute Gasteiger partial charge is 0.349 e. The van der Waals surface area contributed by atoms with E-state index in [1.807, 2.05) is 12.1 Å². The molecule has 1 atom stereocenters. The second-order valence-electron chi connectivity index (χ2n) is 5.93. The fourth-order valence-corrected chi connectivity index (χ4v) is 3.15. The number of aromatic nitrogens is 4. The molecule has 0 spiro atoms. The van der Waals surface area contributed by atoms with Crippen LogP contribution in [0.4, 0.5) is 0 Å². The maximum absolute atomic E-state index is 12.3. The van der Waals surface area contributed by atoms with E-state index < -0.39 is 0 Å². The Labute approximate surface area is 156 Å². The van der Waals surface area contributed by atoms with Gasteiger partial charge in [0.15, 0.2) is 5.82 Å². The van der Waals surface area contributed by atoms with E-state index in [-0.39, 0.29) is 17.7 Å². The van der Waals surface area contributed by atoms with Gasteiger partial charge in [0.05, 0.1) is 11.8 Å². The first kappa shape index (κ1) is 18.1. The lowest BCUT2D eigenvalue weighted by Crippen LogP contribution is -2.29. The summed E-state index contributed by atoms with van der Waals surface area (Å²) in [7, 11) is 0. The summed E-state index contributed by atoms with van der Waals surface area (Å²) >= 11 is 1.31. The minimum Gasteiger partial charge on any atom is -0.349 e. The third-order valence-corrected chi connectivity index (χ3v) is 4.82. The Morgan fingerprint density at radius 2 is 1.92 bits per heavy atom. The highest BCUT2D eigenvalue weighted by atomic mass is 32.2. The van der Waals surface area contributed by atoms with Crippen LogP contribution in [0.5, 0.6) is 0 Å². The number of nitrogens with one attached hydrogen (secondary N) is 2. The Hall–Kier alpha value is -2.67. The van der Waals surface area contributed by atoms with E-state index in [0.717, 1.165) is 17.5 Å². The lowest BCUT2D eigenvalue weighted by molar-refractivity contribution is -0.119. The number of aromatic amines is 1. The van der Waals surface area contributed by atoms with Gasteiger partial charge in [0.1, 0.15) is 0 Å². The predicted molar refractivity (Wildman–Crippen MR) is 103 cm³/mol. The van der Waals surface area contributed by atoms with E-state index in [1.165, 1.54) is 17.3 Å². The smallest absolute Gasteiger partial charge is 0.230 e. The first-order chi connectivity index (χ1) is 12.7. The molecule has 26 heavy (non-hydrogen) atoms. The van der Waals surface area contributed by atoms with Crippen molar-refractivity contribution in [2.75, 3.05) is 5.75 Å². The minimum absolute atomic E-state index is 0.0169. The number of hydrogen-bond acceptors (Lipinski definition) is 5. The van der Waals surface area contributed by atoms with Gasteiger partial charge in [-0.1, -0.05) is 48.5 Å². The van der Waals surface area contributed by atoms with Crippen molar-refractivity contribution < 1.29 is 4.79 Å². The molecule has 134 valence electrons. The summed E-state index contributed by atoms with van der Waals surface area (Å²) in [5, 5.41) is 10.7. The average molecular weight is 367 g/mol. The Kier molecular flexibility index (Phi) is 6.01. The summed E-state index contributed by atoms with van der Waals surface area (Å²) < 4.78 is 0. The second kappa shape index (κ2) is 8.62. The van der Waals surface area contributed by atoms with Gasteiger partial charge in [0.2, 0.25) is 11.1 Å². The quantitative estimate of drug-likeness (QED) is 0.624. The molecule has 2 N–H and O–H groups in total. The molecule has 0 aliphatic rings. The Morgan fingerprint density at radius 3 is 2.62 bits per heavy atom. The van der Waals surface area contributed by atoms with Crippen molar-refractivity contribution in [1.29, 1.82) is 0 Å². The Morgan fingerprint density at radius 1 is 1.19 bits per heavy atom. The van der Waals surface area contributed by atoms with Gasteiger partial charge in [-0.15, -0.1) is 5.10 Å². The van der Waals surface area contributed by atoms with E-state index in [1.54, 1.807) is 12.4 Å². The van der Waals surface area contributed by atoms with E-state index in [4.69, 9.17) is 0 Å². The summed E-state index contributed by atoms with van der Waals surface area (Å²) in [5.41, 5.74) is 3.24. The molecule has 3 rings (SSSR count). The van der Waals surface area contributed by atoms with Crippen LogP contribution in [-0.4, -0.2) is 31.8 Å². The molecule has 0 radical (unpaired) electrons. The number of benzene rings is 1. The van der Waals surface area contributed by atoms with Crippen molar-refractivity contribution in [2.24, 2.45) is 0 Å². The number of aryl methyl sites for hydroxylation is 1. The van der Waals surface area contributed by atoms with Gasteiger partial charge in [-0.2, -0.15) is 0 Å². The van der Waals surface area contributed by atoms with Gasteiger partial charge >= 0.3 is 0 Å². The van der Waals surface area contributed by atoms with Gasteiger partial charge < -0.3 is 5.32 Å². The number of rotatable bonds is 7. The highest BCUT2D eigenvalue weighted by Gasteiger charge is 2.14. The topological polar surface area (TPSA) is 83.6 Å². The van der Waals surface area contributed by atoms with Crippen LogP contribution < -0.4 is 5.32 Å². The molecule has 0 saturated carbocycles. The van der Waals surface area contributed by atoms with Crippen LogP contribution in [-0.2, 0) is 4.79 Å². The second-order valence-corrected chi connectivity index (χ2v) is 6.87. The van der Waals surface area contributed by atoms with Gasteiger partial charge in [0.25, 0.3) is 0 Å². The maximum Gasteiger partial charge on any atom is 0.230 e. The van der Waals surface area contributed by atoms with Crippen LogP contribution in [0.1, 0.15) is 30.5 Å². The average Bonchev–Trinajstić information content (AvgIpc) is 3.15. The molecule has 0 unspecified atom stereocenters. The number of pyridine rings is 1. The lowest BCUT2D eigenvalue weighted by Gasteiger charge is -2.17. The van der Waals surface area contributed by atoms with E-state index >= 15 is 0 Å². The molecular weight excluding hydrogens is 346 g/mol. The minimum atomic E-state index is -0.0299. The Balaban J connectivity index is 1.55. The summed E-state index contributed by atoms with van der Waals surface area (Å²) in [4.78, 5) is 20.7. The number of carbonyl (C=O) groups is 1. The van der Waals surface area contributed by atoms with Crippen LogP contribution in [0.15, 0.2) is 53.9 Å². The zero-order chi connectivity index (χ0) is 18.4. The summed E-state index contributed by atoms with van der Waals surface area (Å²) in [6, 6.07) is 12.0. The standard InChI is InChI=1S/C19H21N5OS/c1-3-16(14-6-4-13(2)5-7-14)21-17(25)12-26-19-22-18(23-24-19)15-8-10-20-11-9-15/h4-11,16H,3,12H2,1-2H3,(H,21,25)(H,22,23,24)/t16-/m1/s1. The Bertz CT molecular complexity index is 848. The zero-order valence-corrected chi connectivity index (χ0v) is 15.6. The van der Waals surface area contributed by atoms with E-state index in [2.05, 4.69) is 63.6 Å².